The van der Waals surface area contributed by atoms with E-state index in [1.165, 1.54) is 0 Å². The van der Waals surface area contributed by atoms with Gasteiger partial charge in [0.15, 0.2) is 0 Å². The molecule has 0 radical (unpaired) electrons. The van der Waals surface area contributed by atoms with Crippen LogP contribution in [0.3, 0.4) is 0 Å². The van der Waals surface area contributed by atoms with Crippen LogP contribution in [0.2, 0.25) is 0 Å². The van der Waals surface area contributed by atoms with Gasteiger partial charge in [-0.2, -0.15) is 0 Å². The van der Waals surface area contributed by atoms with E-state index < -0.39 is 28.0 Å². The lowest BCUT2D eigenvalue weighted by Crippen LogP contribution is -2.05. The van der Waals surface area contributed by atoms with Crippen LogP contribution in [0.1, 0.15) is 15.9 Å². The number of carbonyl (C=O) groups is 1. The standard InChI is InChI=1S/C8H5BrFNO4/c9-3-4-1-5(11(14)15)2-6(7(4)10)8(12)13/h1-2H,3H2,(H,12,13). The van der Waals surface area contributed by atoms with Crippen molar-refractivity contribution in [3.8, 4) is 0 Å². The highest BCUT2D eigenvalue weighted by atomic mass is 79.9. The Morgan fingerprint density at radius 2 is 2.20 bits per heavy atom. The first kappa shape index (κ1) is 11.6. The molecule has 15 heavy (non-hydrogen) atoms. The molecule has 0 bridgehead atoms. The molecular formula is C8H5BrFNO4. The van der Waals surface area contributed by atoms with Crippen LogP contribution >= 0.6 is 15.9 Å². The summed E-state index contributed by atoms with van der Waals surface area (Å²) in [5.74, 6) is -2.48. The summed E-state index contributed by atoms with van der Waals surface area (Å²) < 4.78 is 13.3. The monoisotopic (exact) mass is 277 g/mol. The minimum atomic E-state index is -1.53. The summed E-state index contributed by atoms with van der Waals surface area (Å²) >= 11 is 2.92. The lowest BCUT2D eigenvalue weighted by Gasteiger charge is -2.02. The molecule has 0 aliphatic heterocycles. The number of rotatable bonds is 3. The normalized spacial score (nSPS) is 10.0. The molecule has 7 heteroatoms. The van der Waals surface area contributed by atoms with Crippen LogP contribution in [0.4, 0.5) is 10.1 Å². The van der Waals surface area contributed by atoms with Gasteiger partial charge in [0.1, 0.15) is 11.4 Å². The van der Waals surface area contributed by atoms with E-state index in [-0.39, 0.29) is 10.9 Å². The maximum Gasteiger partial charge on any atom is 0.338 e. The van der Waals surface area contributed by atoms with E-state index in [0.717, 1.165) is 6.07 Å². The molecule has 0 aromatic heterocycles. The Bertz CT molecular complexity index is 435. The average molecular weight is 278 g/mol. The van der Waals surface area contributed by atoms with E-state index in [1.807, 2.05) is 0 Å². The molecule has 1 aromatic carbocycles. The number of aromatic carboxylic acids is 1. The fourth-order valence-electron chi connectivity index (χ4n) is 1.03. The van der Waals surface area contributed by atoms with Crippen LogP contribution in [0.25, 0.3) is 0 Å². The van der Waals surface area contributed by atoms with Gasteiger partial charge < -0.3 is 5.11 Å². The Balaban J connectivity index is 3.45. The number of benzene rings is 1. The lowest BCUT2D eigenvalue weighted by molar-refractivity contribution is -0.385. The van der Waals surface area contributed by atoms with Gasteiger partial charge in [0.2, 0.25) is 0 Å². The van der Waals surface area contributed by atoms with Crippen molar-refractivity contribution in [3.05, 3.63) is 39.2 Å². The van der Waals surface area contributed by atoms with Gasteiger partial charge in [0.25, 0.3) is 5.69 Å². The van der Waals surface area contributed by atoms with Crippen molar-refractivity contribution in [3.63, 3.8) is 0 Å². The minimum Gasteiger partial charge on any atom is -0.478 e. The number of halogens is 2. The third-order valence-electron chi connectivity index (χ3n) is 1.72. The Hall–Kier alpha value is -1.50. The Labute approximate surface area is 91.8 Å². The molecule has 0 aliphatic rings. The predicted molar refractivity (Wildman–Crippen MR) is 52.6 cm³/mol. The van der Waals surface area contributed by atoms with Gasteiger partial charge in [-0.05, 0) is 0 Å². The van der Waals surface area contributed by atoms with Crippen molar-refractivity contribution in [2.24, 2.45) is 0 Å². The highest BCUT2D eigenvalue weighted by Gasteiger charge is 2.20. The van der Waals surface area contributed by atoms with Crippen LogP contribution in [-0.4, -0.2) is 16.0 Å². The molecule has 0 atom stereocenters. The van der Waals surface area contributed by atoms with Crippen molar-refractivity contribution in [1.82, 2.24) is 0 Å². The van der Waals surface area contributed by atoms with Crippen LogP contribution in [0, 0.1) is 15.9 Å². The average Bonchev–Trinajstić information content (AvgIpc) is 2.17. The molecule has 0 saturated carbocycles. The zero-order valence-electron chi connectivity index (χ0n) is 7.24. The number of hydrogen-bond acceptors (Lipinski definition) is 3. The number of carboxylic acid groups (broad SMARTS) is 1. The van der Waals surface area contributed by atoms with Crippen molar-refractivity contribution >= 4 is 27.6 Å². The molecule has 5 nitrogen and oxygen atoms in total. The summed E-state index contributed by atoms with van der Waals surface area (Å²) in [7, 11) is 0. The fourth-order valence-corrected chi connectivity index (χ4v) is 1.43. The number of hydrogen-bond donors (Lipinski definition) is 1. The van der Waals surface area contributed by atoms with Crippen LogP contribution < -0.4 is 0 Å². The number of non-ortho nitro benzene ring substituents is 1. The number of nitro benzene ring substituents is 1. The highest BCUT2D eigenvalue weighted by Crippen LogP contribution is 2.23. The lowest BCUT2D eigenvalue weighted by atomic mass is 10.1. The van der Waals surface area contributed by atoms with Crippen LogP contribution in [0.5, 0.6) is 0 Å². The first-order chi connectivity index (χ1) is 6.97. The zero-order chi connectivity index (χ0) is 11.6. The summed E-state index contributed by atoms with van der Waals surface area (Å²) in [6, 6.07) is 1.69. The van der Waals surface area contributed by atoms with Crippen LogP contribution in [-0.2, 0) is 5.33 Å². The third kappa shape index (κ3) is 2.30. The molecule has 0 amide bonds. The number of carboxylic acids is 1. The van der Waals surface area contributed by atoms with E-state index in [0.29, 0.717) is 6.07 Å². The fraction of sp³-hybridized carbons (Fsp3) is 0.125. The van der Waals surface area contributed by atoms with Gasteiger partial charge in [0, 0.05) is 23.0 Å². The molecule has 0 unspecified atom stereocenters. The molecule has 0 aliphatic carbocycles. The van der Waals surface area contributed by atoms with E-state index in [2.05, 4.69) is 15.9 Å². The largest absolute Gasteiger partial charge is 0.478 e. The minimum absolute atomic E-state index is 0.0147. The number of alkyl halides is 1. The molecule has 1 rings (SSSR count). The summed E-state index contributed by atoms with van der Waals surface area (Å²) in [4.78, 5) is 20.3. The second kappa shape index (κ2) is 4.35. The zero-order valence-corrected chi connectivity index (χ0v) is 8.82. The SMILES string of the molecule is O=C(O)c1cc([N+](=O)[O-])cc(CBr)c1F. The van der Waals surface area contributed by atoms with Crippen LogP contribution in [0.15, 0.2) is 12.1 Å². The molecule has 0 heterocycles. The summed E-state index contributed by atoms with van der Waals surface area (Å²) in [6.07, 6.45) is 0. The Morgan fingerprint density at radius 3 is 2.60 bits per heavy atom. The van der Waals surface area contributed by atoms with Crippen molar-refractivity contribution < 1.29 is 19.2 Å². The molecule has 80 valence electrons. The number of nitro groups is 1. The molecule has 1 N–H and O–H groups in total. The molecule has 0 fully saturated rings. The highest BCUT2D eigenvalue weighted by molar-refractivity contribution is 9.08. The number of nitrogens with zero attached hydrogens (tertiary/aromatic N) is 1. The van der Waals surface area contributed by atoms with Gasteiger partial charge >= 0.3 is 5.97 Å². The Morgan fingerprint density at radius 1 is 1.60 bits per heavy atom. The van der Waals surface area contributed by atoms with Gasteiger partial charge in [-0.25, -0.2) is 9.18 Å². The van der Waals surface area contributed by atoms with Crippen molar-refractivity contribution in [2.75, 3.05) is 0 Å². The van der Waals surface area contributed by atoms with Gasteiger partial charge in [-0.15, -0.1) is 0 Å². The third-order valence-corrected chi connectivity index (χ3v) is 2.32. The van der Waals surface area contributed by atoms with E-state index >= 15 is 0 Å². The first-order valence-electron chi connectivity index (χ1n) is 3.73. The first-order valence-corrected chi connectivity index (χ1v) is 4.85. The van der Waals surface area contributed by atoms with E-state index in [1.54, 1.807) is 0 Å². The van der Waals surface area contributed by atoms with Gasteiger partial charge in [-0.3, -0.25) is 10.1 Å². The maximum atomic E-state index is 13.3. The summed E-state index contributed by atoms with van der Waals surface area (Å²) in [5, 5.41) is 19.1. The molecule has 0 saturated heterocycles. The molecule has 1 aromatic rings. The summed E-state index contributed by atoms with van der Waals surface area (Å²) in [6.45, 7) is 0. The van der Waals surface area contributed by atoms with Crippen molar-refractivity contribution in [1.29, 1.82) is 0 Å². The van der Waals surface area contributed by atoms with E-state index in [9.17, 15) is 19.3 Å². The smallest absolute Gasteiger partial charge is 0.338 e. The molecule has 0 spiro atoms. The second-order valence-electron chi connectivity index (χ2n) is 2.66. The van der Waals surface area contributed by atoms with Crippen molar-refractivity contribution in [2.45, 2.75) is 5.33 Å². The quantitative estimate of drug-likeness (QED) is 0.522. The maximum absolute atomic E-state index is 13.3. The Kier molecular flexibility index (Phi) is 3.35. The predicted octanol–water partition coefficient (Wildman–Crippen LogP) is 2.33. The second-order valence-corrected chi connectivity index (χ2v) is 3.22. The van der Waals surface area contributed by atoms with E-state index in [4.69, 9.17) is 5.11 Å². The topological polar surface area (TPSA) is 80.4 Å². The summed E-state index contributed by atoms with van der Waals surface area (Å²) in [5.41, 5.74) is -1.19. The van der Waals surface area contributed by atoms with Gasteiger partial charge in [-0.1, -0.05) is 15.9 Å². The molecular weight excluding hydrogens is 273 g/mol. The van der Waals surface area contributed by atoms with Gasteiger partial charge in [0.05, 0.1) is 4.92 Å².